The van der Waals surface area contributed by atoms with Crippen LogP contribution in [0.15, 0.2) is 24.3 Å². The third-order valence-electron chi connectivity index (χ3n) is 1.31. The van der Waals surface area contributed by atoms with Gasteiger partial charge in [0.2, 0.25) is 5.91 Å². The van der Waals surface area contributed by atoms with Gasteiger partial charge in [-0.05, 0) is 17.7 Å². The molecular formula is C8H7NOS. The van der Waals surface area contributed by atoms with Crippen molar-refractivity contribution >= 4 is 23.5 Å². The molecule has 2 N–H and O–H groups in total. The topological polar surface area (TPSA) is 43.1 Å². The molecule has 0 unspecified atom stereocenters. The van der Waals surface area contributed by atoms with E-state index in [0.29, 0.717) is 5.56 Å². The molecule has 0 atom stereocenters. The molecular weight excluding hydrogens is 158 g/mol. The number of thiocarbonyl (C=S) groups is 1. The van der Waals surface area contributed by atoms with E-state index in [1.54, 1.807) is 18.2 Å². The molecule has 0 spiro atoms. The van der Waals surface area contributed by atoms with Crippen molar-refractivity contribution in [2.75, 3.05) is 0 Å². The van der Waals surface area contributed by atoms with E-state index in [9.17, 15) is 4.79 Å². The highest BCUT2D eigenvalue weighted by Gasteiger charge is 1.98. The summed E-state index contributed by atoms with van der Waals surface area (Å²) in [5.41, 5.74) is 6.37. The first-order valence-corrected chi connectivity index (χ1v) is 3.56. The summed E-state index contributed by atoms with van der Waals surface area (Å²) in [6.07, 6.45) is 0. The minimum absolute atomic E-state index is 0.427. The number of rotatable bonds is 2. The maximum Gasteiger partial charge on any atom is 0.248 e. The van der Waals surface area contributed by atoms with Crippen LogP contribution in [0.3, 0.4) is 0 Å². The Morgan fingerprint density at radius 2 is 2.27 bits per heavy atom. The van der Waals surface area contributed by atoms with E-state index in [2.05, 4.69) is 12.2 Å². The lowest BCUT2D eigenvalue weighted by atomic mass is 10.1. The molecule has 0 bridgehead atoms. The number of carbonyl (C=O) groups excluding carboxylic acids is 1. The van der Waals surface area contributed by atoms with Gasteiger partial charge >= 0.3 is 0 Å². The Balaban J connectivity index is 3.10. The molecule has 1 rings (SSSR count). The second kappa shape index (κ2) is 3.25. The number of benzene rings is 1. The van der Waals surface area contributed by atoms with Crippen molar-refractivity contribution in [3.8, 4) is 0 Å². The van der Waals surface area contributed by atoms with Gasteiger partial charge in [0.05, 0.1) is 0 Å². The van der Waals surface area contributed by atoms with Crippen LogP contribution in [0, 0.1) is 0 Å². The predicted octanol–water partition coefficient (Wildman–Crippen LogP) is 1.13. The van der Waals surface area contributed by atoms with Crippen LogP contribution in [0.25, 0.3) is 0 Å². The van der Waals surface area contributed by atoms with Gasteiger partial charge < -0.3 is 5.73 Å². The summed E-state index contributed by atoms with van der Waals surface area (Å²) in [4.78, 5) is 10.6. The van der Waals surface area contributed by atoms with Crippen LogP contribution in [0.2, 0.25) is 0 Å². The van der Waals surface area contributed by atoms with Crippen molar-refractivity contribution in [1.82, 2.24) is 0 Å². The van der Waals surface area contributed by atoms with Crippen molar-refractivity contribution in [2.24, 2.45) is 5.73 Å². The minimum Gasteiger partial charge on any atom is -0.366 e. The van der Waals surface area contributed by atoms with Crippen molar-refractivity contribution in [3.05, 3.63) is 35.4 Å². The maximum atomic E-state index is 10.6. The van der Waals surface area contributed by atoms with Gasteiger partial charge in [0, 0.05) is 10.9 Å². The van der Waals surface area contributed by atoms with Gasteiger partial charge in [0.15, 0.2) is 0 Å². The molecule has 1 aromatic carbocycles. The second-order valence-electron chi connectivity index (χ2n) is 2.11. The van der Waals surface area contributed by atoms with Crippen molar-refractivity contribution in [3.63, 3.8) is 0 Å². The quantitative estimate of drug-likeness (QED) is 0.667. The molecule has 1 aromatic rings. The Morgan fingerprint density at radius 1 is 1.55 bits per heavy atom. The van der Waals surface area contributed by atoms with E-state index in [1.165, 1.54) is 5.37 Å². The Morgan fingerprint density at radius 3 is 2.82 bits per heavy atom. The third kappa shape index (κ3) is 1.85. The lowest BCUT2D eigenvalue weighted by molar-refractivity contribution is 0.100. The number of carbonyl (C=O) groups is 1. The van der Waals surface area contributed by atoms with E-state index < -0.39 is 5.91 Å². The smallest absolute Gasteiger partial charge is 0.248 e. The average molecular weight is 165 g/mol. The summed E-state index contributed by atoms with van der Waals surface area (Å²) in [6, 6.07) is 6.89. The Hall–Kier alpha value is -1.22. The Kier molecular flexibility index (Phi) is 2.33. The Labute approximate surface area is 70.0 Å². The number of primary amides is 1. The largest absolute Gasteiger partial charge is 0.366 e. The molecule has 2 nitrogen and oxygen atoms in total. The number of nitrogens with two attached hydrogens (primary N) is 1. The molecule has 0 saturated carbocycles. The fourth-order valence-corrected chi connectivity index (χ4v) is 0.912. The highest BCUT2D eigenvalue weighted by Crippen LogP contribution is 2.01. The SMILES string of the molecule is NC(=O)c1cccc(C=S)c1. The summed E-state index contributed by atoms with van der Waals surface area (Å²) in [5, 5.41) is 1.51. The molecule has 0 aliphatic carbocycles. The molecule has 0 aromatic heterocycles. The van der Waals surface area contributed by atoms with Crippen LogP contribution in [0.1, 0.15) is 15.9 Å². The second-order valence-corrected chi connectivity index (χ2v) is 2.34. The minimum atomic E-state index is -0.427. The van der Waals surface area contributed by atoms with Crippen LogP contribution in [0.5, 0.6) is 0 Å². The summed E-state index contributed by atoms with van der Waals surface area (Å²) >= 11 is 4.69. The zero-order chi connectivity index (χ0) is 8.27. The van der Waals surface area contributed by atoms with E-state index in [0.717, 1.165) is 5.56 Å². The van der Waals surface area contributed by atoms with Crippen LogP contribution in [0.4, 0.5) is 0 Å². The van der Waals surface area contributed by atoms with Crippen LogP contribution < -0.4 is 5.73 Å². The van der Waals surface area contributed by atoms with Gasteiger partial charge in [0.25, 0.3) is 0 Å². The molecule has 56 valence electrons. The normalized spacial score (nSPS) is 9.09. The van der Waals surface area contributed by atoms with Crippen LogP contribution in [-0.4, -0.2) is 11.3 Å². The molecule has 0 aliphatic rings. The molecule has 0 radical (unpaired) electrons. The van der Waals surface area contributed by atoms with E-state index in [1.807, 2.05) is 6.07 Å². The van der Waals surface area contributed by atoms with Crippen molar-refractivity contribution < 1.29 is 4.79 Å². The van der Waals surface area contributed by atoms with Gasteiger partial charge in [-0.3, -0.25) is 4.79 Å². The molecule has 1 amide bonds. The number of hydrogen-bond acceptors (Lipinski definition) is 2. The van der Waals surface area contributed by atoms with Crippen molar-refractivity contribution in [1.29, 1.82) is 0 Å². The van der Waals surface area contributed by atoms with Gasteiger partial charge in [0.1, 0.15) is 0 Å². The van der Waals surface area contributed by atoms with Gasteiger partial charge in [-0.1, -0.05) is 24.4 Å². The lowest BCUT2D eigenvalue weighted by Crippen LogP contribution is -2.10. The van der Waals surface area contributed by atoms with Crippen molar-refractivity contribution in [2.45, 2.75) is 0 Å². The maximum absolute atomic E-state index is 10.6. The van der Waals surface area contributed by atoms with E-state index in [4.69, 9.17) is 5.73 Å². The van der Waals surface area contributed by atoms with E-state index in [-0.39, 0.29) is 0 Å². The molecule has 0 aliphatic heterocycles. The zero-order valence-electron chi connectivity index (χ0n) is 5.78. The fraction of sp³-hybridized carbons (Fsp3) is 0. The fourth-order valence-electron chi connectivity index (χ4n) is 0.765. The highest BCUT2D eigenvalue weighted by atomic mass is 32.1. The predicted molar refractivity (Wildman–Crippen MR) is 47.7 cm³/mol. The summed E-state index contributed by atoms with van der Waals surface area (Å²) in [5.74, 6) is -0.427. The highest BCUT2D eigenvalue weighted by molar-refractivity contribution is 7.79. The average Bonchev–Trinajstić information content (AvgIpc) is 2.05. The van der Waals surface area contributed by atoms with Gasteiger partial charge in [-0.2, -0.15) is 0 Å². The molecule has 0 saturated heterocycles. The van der Waals surface area contributed by atoms with Crippen LogP contribution in [-0.2, 0) is 0 Å². The van der Waals surface area contributed by atoms with Gasteiger partial charge in [-0.15, -0.1) is 0 Å². The molecule has 3 heteroatoms. The first-order chi connectivity index (χ1) is 5.24. The monoisotopic (exact) mass is 165 g/mol. The van der Waals surface area contributed by atoms with Gasteiger partial charge in [-0.25, -0.2) is 0 Å². The summed E-state index contributed by atoms with van der Waals surface area (Å²) in [6.45, 7) is 0. The zero-order valence-corrected chi connectivity index (χ0v) is 6.60. The molecule has 11 heavy (non-hydrogen) atoms. The molecule has 0 fully saturated rings. The lowest BCUT2D eigenvalue weighted by Gasteiger charge is -1.95. The summed E-state index contributed by atoms with van der Waals surface area (Å²) in [7, 11) is 0. The number of amides is 1. The summed E-state index contributed by atoms with van der Waals surface area (Å²) < 4.78 is 0. The Bertz CT molecular complexity index is 296. The van der Waals surface area contributed by atoms with E-state index >= 15 is 0 Å². The third-order valence-corrected chi connectivity index (χ3v) is 1.58. The number of hydrogen-bond donors (Lipinski definition) is 1. The molecule has 0 heterocycles. The van der Waals surface area contributed by atoms with Crippen LogP contribution >= 0.6 is 12.2 Å². The first-order valence-electron chi connectivity index (χ1n) is 3.09. The standard InChI is InChI=1S/C8H7NOS/c9-8(10)7-3-1-2-6(4-7)5-11/h1-5H,(H2,9,10). The first kappa shape index (κ1) is 7.88.